The Balaban J connectivity index is 1.52. The van der Waals surface area contributed by atoms with Crippen LogP contribution in [0.1, 0.15) is 31.2 Å². The lowest BCUT2D eigenvalue weighted by atomic mass is 10.1. The molecular formula is C24H28BrN3O2S. The van der Waals surface area contributed by atoms with Crippen LogP contribution in [0.25, 0.3) is 22.2 Å². The topological polar surface area (TPSA) is 65.2 Å². The summed E-state index contributed by atoms with van der Waals surface area (Å²) in [5, 5.41) is 4.97. The minimum absolute atomic E-state index is 0.258. The lowest BCUT2D eigenvalue weighted by Gasteiger charge is -2.27. The fourth-order valence-electron chi connectivity index (χ4n) is 4.79. The number of sulfone groups is 1. The van der Waals surface area contributed by atoms with Crippen molar-refractivity contribution in [3.05, 3.63) is 52.5 Å². The maximum Gasteiger partial charge on any atom is 0.152 e. The van der Waals surface area contributed by atoms with E-state index in [9.17, 15) is 8.42 Å². The van der Waals surface area contributed by atoms with Crippen molar-refractivity contribution in [2.45, 2.75) is 38.3 Å². The average molecular weight is 502 g/mol. The smallest absolute Gasteiger partial charge is 0.152 e. The fraction of sp³-hybridized carbons (Fsp3) is 0.417. The van der Waals surface area contributed by atoms with E-state index in [2.05, 4.69) is 67.5 Å². The van der Waals surface area contributed by atoms with E-state index >= 15 is 0 Å². The first kappa shape index (κ1) is 21.0. The summed E-state index contributed by atoms with van der Waals surface area (Å²) in [5.41, 5.74) is 5.73. The van der Waals surface area contributed by atoms with Crippen molar-refractivity contribution < 1.29 is 8.42 Å². The van der Waals surface area contributed by atoms with Crippen LogP contribution < -0.4 is 5.32 Å². The van der Waals surface area contributed by atoms with E-state index in [4.69, 9.17) is 0 Å². The summed E-state index contributed by atoms with van der Waals surface area (Å²) >= 11 is 3.86. The van der Waals surface area contributed by atoms with Gasteiger partial charge in [0.2, 0.25) is 0 Å². The summed E-state index contributed by atoms with van der Waals surface area (Å²) in [6, 6.07) is 15.4. The molecule has 2 aromatic carbocycles. The molecule has 0 unspecified atom stereocenters. The molecule has 1 aliphatic carbocycles. The van der Waals surface area contributed by atoms with Crippen LogP contribution in [0.5, 0.6) is 0 Å². The van der Waals surface area contributed by atoms with E-state index in [1.54, 1.807) is 0 Å². The zero-order valence-corrected chi connectivity index (χ0v) is 19.9. The second-order valence-corrected chi connectivity index (χ2v) is 11.9. The molecule has 3 aromatic rings. The van der Waals surface area contributed by atoms with Gasteiger partial charge in [-0.15, -0.1) is 0 Å². The fourth-order valence-corrected chi connectivity index (χ4v) is 6.71. The van der Waals surface area contributed by atoms with Gasteiger partial charge in [-0.05, 0) is 52.0 Å². The predicted molar refractivity (Wildman–Crippen MR) is 131 cm³/mol. The Kier molecular flexibility index (Phi) is 5.84. The third-order valence-electron chi connectivity index (χ3n) is 6.52. The molecule has 1 saturated heterocycles. The van der Waals surface area contributed by atoms with Crippen LogP contribution in [0.4, 0.5) is 5.69 Å². The average Bonchev–Trinajstić information content (AvgIpc) is 3.39. The van der Waals surface area contributed by atoms with E-state index in [1.165, 1.54) is 36.6 Å². The minimum atomic E-state index is -2.87. The molecule has 0 atom stereocenters. The molecule has 2 N–H and O–H groups in total. The Labute approximate surface area is 192 Å². The maximum absolute atomic E-state index is 11.8. The van der Waals surface area contributed by atoms with Gasteiger partial charge in [-0.3, -0.25) is 4.90 Å². The van der Waals surface area contributed by atoms with Crippen molar-refractivity contribution in [2.75, 3.05) is 29.9 Å². The molecule has 1 saturated carbocycles. The molecule has 1 aliphatic heterocycles. The number of anilines is 1. The summed E-state index contributed by atoms with van der Waals surface area (Å²) in [4.78, 5) is 5.91. The molecule has 0 spiro atoms. The molecule has 7 heteroatoms. The number of hydrogen-bond donors (Lipinski definition) is 2. The number of aromatic nitrogens is 1. The van der Waals surface area contributed by atoms with Gasteiger partial charge in [0.05, 0.1) is 32.9 Å². The molecule has 164 valence electrons. The number of H-pyrrole nitrogens is 1. The summed E-state index contributed by atoms with van der Waals surface area (Å²) < 4.78 is 24.7. The van der Waals surface area contributed by atoms with Crippen molar-refractivity contribution in [3.63, 3.8) is 0 Å². The van der Waals surface area contributed by atoms with E-state index in [0.717, 1.165) is 33.5 Å². The summed E-state index contributed by atoms with van der Waals surface area (Å²) in [7, 11) is -2.87. The second kappa shape index (κ2) is 8.60. The molecule has 2 heterocycles. The Morgan fingerprint density at radius 2 is 1.77 bits per heavy atom. The molecule has 2 aliphatic rings. The van der Waals surface area contributed by atoms with Crippen molar-refractivity contribution in [3.8, 4) is 11.3 Å². The zero-order chi connectivity index (χ0) is 21.4. The maximum atomic E-state index is 11.8. The van der Waals surface area contributed by atoms with Gasteiger partial charge in [-0.1, -0.05) is 43.2 Å². The highest BCUT2D eigenvalue weighted by Crippen LogP contribution is 2.39. The number of aromatic amines is 1. The Hall–Kier alpha value is -1.83. The van der Waals surface area contributed by atoms with Gasteiger partial charge in [-0.2, -0.15) is 0 Å². The Morgan fingerprint density at radius 1 is 1.06 bits per heavy atom. The number of hydrogen-bond acceptors (Lipinski definition) is 4. The number of nitrogens with zero attached hydrogens (tertiary/aromatic N) is 1. The van der Waals surface area contributed by atoms with Crippen molar-refractivity contribution in [2.24, 2.45) is 0 Å². The molecule has 1 aromatic heterocycles. The highest BCUT2D eigenvalue weighted by atomic mass is 79.9. The van der Waals surface area contributed by atoms with Gasteiger partial charge in [0.15, 0.2) is 9.84 Å². The van der Waals surface area contributed by atoms with Crippen LogP contribution in [0, 0.1) is 0 Å². The molecular weight excluding hydrogens is 474 g/mol. The van der Waals surface area contributed by atoms with E-state index < -0.39 is 9.84 Å². The van der Waals surface area contributed by atoms with E-state index in [1.807, 2.05) is 6.07 Å². The van der Waals surface area contributed by atoms with Gasteiger partial charge >= 0.3 is 0 Å². The first-order valence-electron chi connectivity index (χ1n) is 11.1. The van der Waals surface area contributed by atoms with Crippen LogP contribution in [0.15, 0.2) is 46.9 Å². The minimum Gasteiger partial charge on any atom is -0.381 e. The quantitative estimate of drug-likeness (QED) is 0.505. The third-order valence-corrected chi connectivity index (χ3v) is 8.96. The first-order chi connectivity index (χ1) is 15.0. The van der Waals surface area contributed by atoms with Gasteiger partial charge in [0, 0.05) is 31.1 Å². The lowest BCUT2D eigenvalue weighted by molar-refractivity contribution is 0.288. The Morgan fingerprint density at radius 3 is 2.48 bits per heavy atom. The van der Waals surface area contributed by atoms with Gasteiger partial charge in [0.1, 0.15) is 0 Å². The largest absolute Gasteiger partial charge is 0.381 e. The van der Waals surface area contributed by atoms with Crippen LogP contribution in [-0.2, 0) is 16.4 Å². The van der Waals surface area contributed by atoms with Crippen molar-refractivity contribution in [1.29, 1.82) is 0 Å². The standard InChI is InChI=1S/C24H28BrN3O2S/c25-22-20-14-17(16-28-10-12-31(29,30)13-11-28)15-21(26-19-8-4-5-9-19)24(20)27-23(22)18-6-2-1-3-7-18/h1-3,6-7,14-15,19,26-27H,4-5,8-13,16H2. The zero-order valence-electron chi connectivity index (χ0n) is 17.5. The van der Waals surface area contributed by atoms with Gasteiger partial charge in [-0.25, -0.2) is 8.42 Å². The van der Waals surface area contributed by atoms with Crippen LogP contribution in [0.3, 0.4) is 0 Å². The molecule has 31 heavy (non-hydrogen) atoms. The highest BCUT2D eigenvalue weighted by molar-refractivity contribution is 9.10. The highest BCUT2D eigenvalue weighted by Gasteiger charge is 2.23. The molecule has 2 fully saturated rings. The SMILES string of the molecule is O=S1(=O)CCN(Cc2cc(NC3CCCC3)c3[nH]c(-c4ccccc4)c(Br)c3c2)CC1. The van der Waals surface area contributed by atoms with Crippen molar-refractivity contribution >= 4 is 42.4 Å². The number of nitrogens with one attached hydrogen (secondary N) is 2. The van der Waals surface area contributed by atoms with Crippen LogP contribution in [0.2, 0.25) is 0 Å². The molecule has 5 rings (SSSR count). The third kappa shape index (κ3) is 4.54. The predicted octanol–water partition coefficient (Wildman–Crippen LogP) is 5.18. The lowest BCUT2D eigenvalue weighted by Crippen LogP contribution is -2.39. The summed E-state index contributed by atoms with van der Waals surface area (Å²) in [5.74, 6) is 0.517. The monoisotopic (exact) mass is 501 g/mol. The normalized spacial score (nSPS) is 19.8. The molecule has 0 bridgehead atoms. The number of benzene rings is 2. The summed E-state index contributed by atoms with van der Waals surface area (Å²) in [6.45, 7) is 1.98. The summed E-state index contributed by atoms with van der Waals surface area (Å²) in [6.07, 6.45) is 4.99. The van der Waals surface area contributed by atoms with Gasteiger partial charge in [0.25, 0.3) is 0 Å². The second-order valence-electron chi connectivity index (χ2n) is 8.80. The van der Waals surface area contributed by atoms with E-state index in [0.29, 0.717) is 19.1 Å². The first-order valence-corrected chi connectivity index (χ1v) is 13.7. The number of rotatable bonds is 5. The van der Waals surface area contributed by atoms with Crippen LogP contribution >= 0.6 is 15.9 Å². The van der Waals surface area contributed by atoms with E-state index in [-0.39, 0.29) is 11.5 Å². The number of fused-ring (bicyclic) bond motifs is 1. The van der Waals surface area contributed by atoms with Crippen molar-refractivity contribution in [1.82, 2.24) is 9.88 Å². The Bertz CT molecular complexity index is 1170. The molecule has 0 radical (unpaired) electrons. The number of halogens is 1. The van der Waals surface area contributed by atoms with Crippen LogP contribution in [-0.4, -0.2) is 48.9 Å². The molecule has 5 nitrogen and oxygen atoms in total. The molecule has 0 amide bonds. The van der Waals surface area contributed by atoms with Gasteiger partial charge < -0.3 is 10.3 Å².